The van der Waals surface area contributed by atoms with E-state index >= 15 is 0 Å². The van der Waals surface area contributed by atoms with E-state index in [1.54, 1.807) is 6.07 Å². The van der Waals surface area contributed by atoms with Gasteiger partial charge in [-0.2, -0.15) is 4.98 Å². The number of anilines is 1. The lowest BCUT2D eigenvalue weighted by atomic mass is 10.0. The molecule has 0 aliphatic carbocycles. The smallest absolute Gasteiger partial charge is 0.326 e. The normalized spacial score (nSPS) is 12.2. The maximum absolute atomic E-state index is 11.0. The molecule has 0 bridgehead atoms. The zero-order chi connectivity index (χ0) is 12.8. The fourth-order valence-electron chi connectivity index (χ4n) is 1.37. The van der Waals surface area contributed by atoms with Crippen LogP contribution in [0.3, 0.4) is 0 Å². The molecule has 2 N–H and O–H groups in total. The minimum Gasteiger partial charge on any atom is -0.481 e. The zero-order valence-corrected chi connectivity index (χ0v) is 10.2. The fraction of sp³-hybridized carbons (Fsp3) is 0.545. The molecule has 94 valence electrons. The Balaban J connectivity index is 2.74. The number of carboxylic acids is 1. The molecule has 0 saturated heterocycles. The first-order valence-electron chi connectivity index (χ1n) is 5.39. The van der Waals surface area contributed by atoms with Gasteiger partial charge in [-0.25, -0.2) is 9.78 Å². The van der Waals surface area contributed by atoms with E-state index in [0.717, 1.165) is 0 Å². The number of rotatable bonds is 6. The second kappa shape index (κ2) is 6.03. The van der Waals surface area contributed by atoms with E-state index in [1.165, 1.54) is 13.3 Å². The Bertz CT molecular complexity index is 382. The van der Waals surface area contributed by atoms with Crippen LogP contribution in [0, 0.1) is 5.92 Å². The molecule has 6 heteroatoms. The van der Waals surface area contributed by atoms with Crippen molar-refractivity contribution < 1.29 is 14.6 Å². The van der Waals surface area contributed by atoms with E-state index < -0.39 is 12.0 Å². The van der Waals surface area contributed by atoms with Crippen LogP contribution < -0.4 is 10.1 Å². The largest absolute Gasteiger partial charge is 0.481 e. The number of aromatic nitrogens is 2. The van der Waals surface area contributed by atoms with Gasteiger partial charge >= 0.3 is 5.97 Å². The summed E-state index contributed by atoms with van der Waals surface area (Å²) >= 11 is 0. The van der Waals surface area contributed by atoms with Crippen LogP contribution in [-0.4, -0.2) is 34.2 Å². The lowest BCUT2D eigenvalue weighted by Gasteiger charge is -2.16. The third-order valence-corrected chi connectivity index (χ3v) is 2.15. The monoisotopic (exact) mass is 239 g/mol. The first-order chi connectivity index (χ1) is 8.02. The van der Waals surface area contributed by atoms with Crippen LogP contribution in [0.5, 0.6) is 5.88 Å². The van der Waals surface area contributed by atoms with Crippen molar-refractivity contribution in [2.24, 2.45) is 5.92 Å². The molecule has 17 heavy (non-hydrogen) atoms. The van der Waals surface area contributed by atoms with Crippen LogP contribution >= 0.6 is 0 Å². The number of methoxy groups -OCH3 is 1. The summed E-state index contributed by atoms with van der Waals surface area (Å²) in [6.45, 7) is 3.92. The van der Waals surface area contributed by atoms with Crippen molar-refractivity contribution in [1.82, 2.24) is 9.97 Å². The quantitative estimate of drug-likeness (QED) is 0.780. The van der Waals surface area contributed by atoms with Gasteiger partial charge in [0, 0.05) is 12.3 Å². The zero-order valence-electron chi connectivity index (χ0n) is 10.2. The van der Waals surface area contributed by atoms with Gasteiger partial charge in [0.15, 0.2) is 0 Å². The van der Waals surface area contributed by atoms with Gasteiger partial charge < -0.3 is 15.2 Å². The number of hydrogen-bond acceptors (Lipinski definition) is 5. The van der Waals surface area contributed by atoms with Crippen molar-refractivity contribution in [3.63, 3.8) is 0 Å². The summed E-state index contributed by atoms with van der Waals surface area (Å²) in [5, 5.41) is 11.8. The van der Waals surface area contributed by atoms with Crippen LogP contribution in [-0.2, 0) is 4.79 Å². The van der Waals surface area contributed by atoms with Gasteiger partial charge in [0.05, 0.1) is 7.11 Å². The maximum atomic E-state index is 11.0. The van der Waals surface area contributed by atoms with Crippen LogP contribution in [0.25, 0.3) is 0 Å². The van der Waals surface area contributed by atoms with Crippen molar-refractivity contribution >= 4 is 11.9 Å². The van der Waals surface area contributed by atoms with Gasteiger partial charge in [-0.05, 0) is 12.3 Å². The highest BCUT2D eigenvalue weighted by molar-refractivity contribution is 5.76. The SMILES string of the molecule is COc1ccnc(N[C@@H](CC(C)C)C(=O)O)n1. The first kappa shape index (κ1) is 13.2. The van der Waals surface area contributed by atoms with Gasteiger partial charge in [0.25, 0.3) is 0 Å². The van der Waals surface area contributed by atoms with Crippen LogP contribution in [0.1, 0.15) is 20.3 Å². The van der Waals surface area contributed by atoms with E-state index in [0.29, 0.717) is 12.3 Å². The molecule has 0 fully saturated rings. The molecule has 0 spiro atoms. The van der Waals surface area contributed by atoms with Crippen LogP contribution in [0.15, 0.2) is 12.3 Å². The summed E-state index contributed by atoms with van der Waals surface area (Å²) < 4.78 is 4.94. The topological polar surface area (TPSA) is 84.3 Å². The Morgan fingerprint density at radius 2 is 2.29 bits per heavy atom. The molecule has 0 saturated carbocycles. The molecule has 1 aromatic heterocycles. The Morgan fingerprint density at radius 1 is 1.59 bits per heavy atom. The lowest BCUT2D eigenvalue weighted by Crippen LogP contribution is -2.31. The van der Waals surface area contributed by atoms with E-state index in [9.17, 15) is 4.79 Å². The van der Waals surface area contributed by atoms with Crippen LogP contribution in [0.2, 0.25) is 0 Å². The molecule has 0 unspecified atom stereocenters. The van der Waals surface area contributed by atoms with Crippen LogP contribution in [0.4, 0.5) is 5.95 Å². The van der Waals surface area contributed by atoms with E-state index in [4.69, 9.17) is 9.84 Å². The van der Waals surface area contributed by atoms with Gasteiger partial charge in [-0.3, -0.25) is 0 Å². The number of carboxylic acid groups (broad SMARTS) is 1. The number of aliphatic carboxylic acids is 1. The molecule has 0 aromatic carbocycles. The Hall–Kier alpha value is -1.85. The van der Waals surface area contributed by atoms with Crippen molar-refractivity contribution in [3.8, 4) is 5.88 Å². The van der Waals surface area contributed by atoms with Crippen molar-refractivity contribution in [3.05, 3.63) is 12.3 Å². The summed E-state index contributed by atoms with van der Waals surface area (Å²) in [6.07, 6.45) is 2.03. The fourth-order valence-corrected chi connectivity index (χ4v) is 1.37. The van der Waals surface area contributed by atoms with E-state index in [2.05, 4.69) is 15.3 Å². The van der Waals surface area contributed by atoms with Crippen molar-refractivity contribution in [1.29, 1.82) is 0 Å². The molecular formula is C11H17N3O3. The number of nitrogens with zero attached hydrogens (tertiary/aromatic N) is 2. The highest BCUT2D eigenvalue weighted by Gasteiger charge is 2.19. The van der Waals surface area contributed by atoms with Crippen molar-refractivity contribution in [2.75, 3.05) is 12.4 Å². The van der Waals surface area contributed by atoms with E-state index in [1.807, 2.05) is 13.8 Å². The van der Waals surface area contributed by atoms with Crippen molar-refractivity contribution in [2.45, 2.75) is 26.3 Å². The molecular weight excluding hydrogens is 222 g/mol. The molecule has 6 nitrogen and oxygen atoms in total. The molecule has 0 aliphatic rings. The van der Waals surface area contributed by atoms with Gasteiger partial charge in [-0.1, -0.05) is 13.8 Å². The second-order valence-corrected chi connectivity index (χ2v) is 4.09. The van der Waals surface area contributed by atoms with Gasteiger partial charge in [-0.15, -0.1) is 0 Å². The lowest BCUT2D eigenvalue weighted by molar-refractivity contribution is -0.138. The Labute approximate surface area is 100 Å². The summed E-state index contributed by atoms with van der Waals surface area (Å²) in [4.78, 5) is 19.0. The third-order valence-electron chi connectivity index (χ3n) is 2.15. The predicted molar refractivity (Wildman–Crippen MR) is 63.1 cm³/mol. The summed E-state index contributed by atoms with van der Waals surface area (Å²) in [6, 6.07) is 0.908. The number of ether oxygens (including phenoxy) is 1. The predicted octanol–water partition coefficient (Wildman–Crippen LogP) is 1.40. The molecule has 1 rings (SSSR count). The second-order valence-electron chi connectivity index (χ2n) is 4.09. The standard InChI is InChI=1S/C11H17N3O3/c1-7(2)6-8(10(15)16)13-11-12-5-4-9(14-11)17-3/h4-5,7-8H,6H2,1-3H3,(H,15,16)(H,12,13,14)/t8-/m0/s1. The minimum atomic E-state index is -0.912. The molecule has 0 aliphatic heterocycles. The average Bonchev–Trinajstić information content (AvgIpc) is 2.27. The highest BCUT2D eigenvalue weighted by atomic mass is 16.5. The molecule has 1 heterocycles. The Morgan fingerprint density at radius 3 is 2.82 bits per heavy atom. The molecule has 0 amide bonds. The number of hydrogen-bond donors (Lipinski definition) is 2. The summed E-state index contributed by atoms with van der Waals surface area (Å²) in [7, 11) is 1.49. The summed E-state index contributed by atoms with van der Waals surface area (Å²) in [5.74, 6) is 0.0212. The molecule has 0 radical (unpaired) electrons. The van der Waals surface area contributed by atoms with Gasteiger partial charge in [0.2, 0.25) is 11.8 Å². The number of nitrogens with one attached hydrogen (secondary N) is 1. The Kier molecular flexibility index (Phi) is 4.68. The maximum Gasteiger partial charge on any atom is 0.326 e. The molecule has 1 aromatic rings. The van der Waals surface area contributed by atoms with E-state index in [-0.39, 0.29) is 11.9 Å². The third kappa shape index (κ3) is 4.26. The summed E-state index contributed by atoms with van der Waals surface area (Å²) in [5.41, 5.74) is 0. The highest BCUT2D eigenvalue weighted by Crippen LogP contribution is 2.12. The molecule has 1 atom stereocenters. The first-order valence-corrected chi connectivity index (χ1v) is 5.39. The average molecular weight is 239 g/mol. The van der Waals surface area contributed by atoms with Gasteiger partial charge in [0.1, 0.15) is 6.04 Å². The minimum absolute atomic E-state index is 0.261. The number of carbonyl (C=O) groups is 1.